The summed E-state index contributed by atoms with van der Waals surface area (Å²) in [7, 11) is 0. The summed E-state index contributed by atoms with van der Waals surface area (Å²) < 4.78 is 2.02. The van der Waals surface area contributed by atoms with E-state index in [0.717, 1.165) is 22.6 Å². The van der Waals surface area contributed by atoms with Crippen LogP contribution in [0.2, 0.25) is 0 Å². The molecule has 2 heterocycles. The molecule has 0 aliphatic rings. The SMILES string of the molecule is Cc1ccn2cc(-c3cccc(N)c3)nc2c1. The molecular weight excluding hydrogens is 210 g/mol. The quantitative estimate of drug-likeness (QED) is 0.644. The summed E-state index contributed by atoms with van der Waals surface area (Å²) in [6.45, 7) is 2.06. The van der Waals surface area contributed by atoms with Gasteiger partial charge in [-0.2, -0.15) is 0 Å². The van der Waals surface area contributed by atoms with Crippen molar-refractivity contribution in [2.24, 2.45) is 0 Å². The number of nitrogens with two attached hydrogens (primary N) is 1. The Bertz CT molecular complexity index is 683. The van der Waals surface area contributed by atoms with Gasteiger partial charge in [-0.25, -0.2) is 4.98 Å². The van der Waals surface area contributed by atoms with E-state index in [9.17, 15) is 0 Å². The molecule has 2 N–H and O–H groups in total. The molecule has 3 nitrogen and oxygen atoms in total. The van der Waals surface area contributed by atoms with Gasteiger partial charge in [0.2, 0.25) is 0 Å². The Hall–Kier alpha value is -2.29. The van der Waals surface area contributed by atoms with Crippen molar-refractivity contribution in [2.75, 3.05) is 5.73 Å². The van der Waals surface area contributed by atoms with Crippen LogP contribution in [0.4, 0.5) is 5.69 Å². The number of aromatic nitrogens is 2. The zero-order valence-electron chi connectivity index (χ0n) is 9.59. The first kappa shape index (κ1) is 9.90. The molecule has 0 aliphatic carbocycles. The summed E-state index contributed by atoms with van der Waals surface area (Å²) in [6, 6.07) is 11.9. The number of nitrogens with zero attached hydrogens (tertiary/aromatic N) is 2. The van der Waals surface area contributed by atoms with Crippen LogP contribution in [-0.2, 0) is 0 Å². The van der Waals surface area contributed by atoms with Gasteiger partial charge in [0.05, 0.1) is 5.69 Å². The van der Waals surface area contributed by atoms with Crippen molar-refractivity contribution in [3.8, 4) is 11.3 Å². The maximum absolute atomic E-state index is 5.78. The number of aryl methyl sites for hydroxylation is 1. The predicted molar refractivity (Wildman–Crippen MR) is 69.8 cm³/mol. The third-order valence-corrected chi connectivity index (χ3v) is 2.80. The van der Waals surface area contributed by atoms with E-state index in [1.807, 2.05) is 41.1 Å². The Morgan fingerprint density at radius 1 is 1.18 bits per heavy atom. The maximum Gasteiger partial charge on any atom is 0.137 e. The Labute approximate surface area is 99.5 Å². The monoisotopic (exact) mass is 223 g/mol. The molecule has 0 saturated heterocycles. The summed E-state index contributed by atoms with van der Waals surface area (Å²) in [5.41, 5.74) is 10.7. The fourth-order valence-corrected chi connectivity index (χ4v) is 1.92. The lowest BCUT2D eigenvalue weighted by atomic mass is 10.1. The van der Waals surface area contributed by atoms with Crippen molar-refractivity contribution in [3.63, 3.8) is 0 Å². The lowest BCUT2D eigenvalue weighted by molar-refractivity contribution is 1.17. The maximum atomic E-state index is 5.78. The van der Waals surface area contributed by atoms with E-state index in [1.165, 1.54) is 5.56 Å². The van der Waals surface area contributed by atoms with Crippen molar-refractivity contribution in [1.29, 1.82) is 0 Å². The van der Waals surface area contributed by atoms with Crippen LogP contribution in [0, 0.1) is 6.92 Å². The van der Waals surface area contributed by atoms with Crippen LogP contribution in [0.3, 0.4) is 0 Å². The van der Waals surface area contributed by atoms with Gasteiger partial charge in [0.25, 0.3) is 0 Å². The second-order valence-corrected chi connectivity index (χ2v) is 4.22. The molecule has 0 bridgehead atoms. The summed E-state index contributed by atoms with van der Waals surface area (Å²) >= 11 is 0. The molecule has 0 radical (unpaired) electrons. The minimum absolute atomic E-state index is 0.760. The average molecular weight is 223 g/mol. The Balaban J connectivity index is 2.18. The number of anilines is 1. The fourth-order valence-electron chi connectivity index (χ4n) is 1.92. The molecule has 0 fully saturated rings. The van der Waals surface area contributed by atoms with Gasteiger partial charge in [-0.15, -0.1) is 0 Å². The molecule has 3 aromatic rings. The molecule has 0 aliphatic heterocycles. The van der Waals surface area contributed by atoms with E-state index < -0.39 is 0 Å². The van der Waals surface area contributed by atoms with Crippen LogP contribution < -0.4 is 5.73 Å². The molecule has 0 amide bonds. The van der Waals surface area contributed by atoms with Crippen molar-refractivity contribution in [3.05, 3.63) is 54.4 Å². The highest BCUT2D eigenvalue weighted by molar-refractivity contribution is 5.66. The second kappa shape index (κ2) is 3.63. The van der Waals surface area contributed by atoms with Gasteiger partial charge in [0, 0.05) is 23.6 Å². The first-order chi connectivity index (χ1) is 8.22. The van der Waals surface area contributed by atoms with Gasteiger partial charge < -0.3 is 10.1 Å². The van der Waals surface area contributed by atoms with Crippen molar-refractivity contribution >= 4 is 11.3 Å². The van der Waals surface area contributed by atoms with Gasteiger partial charge in [-0.1, -0.05) is 12.1 Å². The summed E-state index contributed by atoms with van der Waals surface area (Å²) in [5, 5.41) is 0. The minimum atomic E-state index is 0.760. The Morgan fingerprint density at radius 3 is 2.88 bits per heavy atom. The molecule has 0 unspecified atom stereocenters. The number of benzene rings is 1. The zero-order chi connectivity index (χ0) is 11.8. The van der Waals surface area contributed by atoms with E-state index >= 15 is 0 Å². The van der Waals surface area contributed by atoms with E-state index in [0.29, 0.717) is 0 Å². The fraction of sp³-hybridized carbons (Fsp3) is 0.0714. The van der Waals surface area contributed by atoms with Crippen LogP contribution in [0.25, 0.3) is 16.9 Å². The molecule has 2 aromatic heterocycles. The van der Waals surface area contributed by atoms with Crippen molar-refractivity contribution in [1.82, 2.24) is 9.38 Å². The average Bonchev–Trinajstić information content (AvgIpc) is 2.72. The number of fused-ring (bicyclic) bond motifs is 1. The van der Waals surface area contributed by atoms with Gasteiger partial charge in [0.15, 0.2) is 0 Å². The molecule has 1 aromatic carbocycles. The largest absolute Gasteiger partial charge is 0.399 e. The van der Waals surface area contributed by atoms with Gasteiger partial charge >= 0.3 is 0 Å². The van der Waals surface area contributed by atoms with Gasteiger partial charge in [0.1, 0.15) is 5.65 Å². The smallest absolute Gasteiger partial charge is 0.137 e. The van der Waals surface area contributed by atoms with Crippen molar-refractivity contribution < 1.29 is 0 Å². The molecule has 84 valence electrons. The second-order valence-electron chi connectivity index (χ2n) is 4.22. The molecular formula is C14H13N3. The normalized spacial score (nSPS) is 10.9. The predicted octanol–water partition coefficient (Wildman–Crippen LogP) is 2.89. The minimum Gasteiger partial charge on any atom is -0.399 e. The topological polar surface area (TPSA) is 43.3 Å². The number of hydrogen-bond donors (Lipinski definition) is 1. The number of nitrogen functional groups attached to an aromatic ring is 1. The number of pyridine rings is 1. The van der Waals surface area contributed by atoms with E-state index in [2.05, 4.69) is 24.0 Å². The first-order valence-electron chi connectivity index (χ1n) is 5.54. The van der Waals surface area contributed by atoms with Gasteiger partial charge in [-0.3, -0.25) is 0 Å². The lowest BCUT2D eigenvalue weighted by Gasteiger charge is -1.96. The Kier molecular flexibility index (Phi) is 2.11. The molecule has 3 rings (SSSR count). The third-order valence-electron chi connectivity index (χ3n) is 2.80. The zero-order valence-corrected chi connectivity index (χ0v) is 9.59. The summed E-state index contributed by atoms with van der Waals surface area (Å²) in [4.78, 5) is 4.59. The van der Waals surface area contributed by atoms with Crippen LogP contribution in [0.5, 0.6) is 0 Å². The van der Waals surface area contributed by atoms with E-state index in [1.54, 1.807) is 0 Å². The number of imidazole rings is 1. The standard InChI is InChI=1S/C14H13N3/c1-10-5-6-17-9-13(16-14(17)7-10)11-3-2-4-12(15)8-11/h2-9H,15H2,1H3. The molecule has 0 spiro atoms. The van der Waals surface area contributed by atoms with Crippen LogP contribution in [0.1, 0.15) is 5.56 Å². The van der Waals surface area contributed by atoms with Gasteiger partial charge in [-0.05, 0) is 36.8 Å². The molecule has 3 heteroatoms. The molecule has 17 heavy (non-hydrogen) atoms. The highest BCUT2D eigenvalue weighted by atomic mass is 15.0. The summed E-state index contributed by atoms with van der Waals surface area (Å²) in [5.74, 6) is 0. The first-order valence-corrected chi connectivity index (χ1v) is 5.54. The summed E-state index contributed by atoms with van der Waals surface area (Å²) in [6.07, 6.45) is 4.04. The lowest BCUT2D eigenvalue weighted by Crippen LogP contribution is -1.84. The highest BCUT2D eigenvalue weighted by Gasteiger charge is 2.04. The third kappa shape index (κ3) is 1.76. The van der Waals surface area contributed by atoms with Crippen LogP contribution >= 0.6 is 0 Å². The molecule has 0 atom stereocenters. The van der Waals surface area contributed by atoms with E-state index in [4.69, 9.17) is 5.73 Å². The Morgan fingerprint density at radius 2 is 2.06 bits per heavy atom. The van der Waals surface area contributed by atoms with E-state index in [-0.39, 0.29) is 0 Å². The van der Waals surface area contributed by atoms with Crippen LogP contribution in [0.15, 0.2) is 48.8 Å². The van der Waals surface area contributed by atoms with Crippen LogP contribution in [-0.4, -0.2) is 9.38 Å². The number of hydrogen-bond acceptors (Lipinski definition) is 2. The number of rotatable bonds is 1. The van der Waals surface area contributed by atoms with Crippen molar-refractivity contribution in [2.45, 2.75) is 6.92 Å². The highest BCUT2D eigenvalue weighted by Crippen LogP contribution is 2.21. The molecule has 0 saturated carbocycles.